The molecule has 0 bridgehead atoms. The van der Waals surface area contributed by atoms with Gasteiger partial charge in [-0.1, -0.05) is 20.8 Å². The molecule has 0 aromatic rings. The molecule has 0 radical (unpaired) electrons. The Labute approximate surface area is 122 Å². The van der Waals surface area contributed by atoms with Crippen molar-refractivity contribution in [1.82, 2.24) is 0 Å². The summed E-state index contributed by atoms with van der Waals surface area (Å²) in [4.78, 5) is 0. The Bertz CT molecular complexity index is 274. The van der Waals surface area contributed by atoms with Crippen molar-refractivity contribution in [2.75, 3.05) is 0 Å². The van der Waals surface area contributed by atoms with Crippen LogP contribution in [0.25, 0.3) is 0 Å². The van der Waals surface area contributed by atoms with E-state index in [1.807, 2.05) is 6.92 Å². The van der Waals surface area contributed by atoms with Crippen molar-refractivity contribution in [3.8, 4) is 0 Å². The summed E-state index contributed by atoms with van der Waals surface area (Å²) in [5.41, 5.74) is -0.100. The molecule has 0 rings (SSSR count). The molecular formula is C14H34O3Si2. The molecule has 0 aromatic carbocycles. The summed E-state index contributed by atoms with van der Waals surface area (Å²) in [6.45, 7) is 21.2. The standard InChI is InChI=1S/C14H34O3Si2/c1-11(16-18(5,6)7)12(15)13(14(2,3)4)17-19(8,9)10/h11-13,15H,1-10H3/t11-,12+,13+/m0/s1. The molecule has 0 aliphatic rings. The van der Waals surface area contributed by atoms with E-state index in [0.29, 0.717) is 0 Å². The normalized spacial score (nSPS) is 19.1. The maximum absolute atomic E-state index is 10.6. The zero-order valence-corrected chi connectivity index (χ0v) is 16.5. The van der Waals surface area contributed by atoms with Crippen LogP contribution in [0.1, 0.15) is 27.7 Å². The summed E-state index contributed by atoms with van der Waals surface area (Å²) in [5.74, 6) is 0. The molecule has 0 saturated carbocycles. The molecule has 0 saturated heterocycles. The van der Waals surface area contributed by atoms with Crippen molar-refractivity contribution in [3.63, 3.8) is 0 Å². The lowest BCUT2D eigenvalue weighted by atomic mass is 9.84. The monoisotopic (exact) mass is 306 g/mol. The van der Waals surface area contributed by atoms with E-state index in [-0.39, 0.29) is 17.6 Å². The fourth-order valence-corrected chi connectivity index (χ4v) is 4.52. The Morgan fingerprint density at radius 2 is 1.21 bits per heavy atom. The van der Waals surface area contributed by atoms with Gasteiger partial charge in [-0.2, -0.15) is 0 Å². The van der Waals surface area contributed by atoms with Gasteiger partial charge in [0, 0.05) is 0 Å². The van der Waals surface area contributed by atoms with Gasteiger partial charge < -0.3 is 14.0 Å². The molecule has 3 atom stereocenters. The van der Waals surface area contributed by atoms with Crippen LogP contribution in [0.3, 0.4) is 0 Å². The lowest BCUT2D eigenvalue weighted by molar-refractivity contribution is -0.0788. The minimum atomic E-state index is -1.70. The predicted molar refractivity (Wildman–Crippen MR) is 87.6 cm³/mol. The van der Waals surface area contributed by atoms with E-state index in [2.05, 4.69) is 60.1 Å². The highest BCUT2D eigenvalue weighted by Crippen LogP contribution is 2.30. The van der Waals surface area contributed by atoms with E-state index < -0.39 is 22.7 Å². The van der Waals surface area contributed by atoms with Gasteiger partial charge in [-0.15, -0.1) is 0 Å². The summed E-state index contributed by atoms with van der Waals surface area (Å²) in [6.07, 6.45) is -0.962. The number of aliphatic hydroxyl groups excluding tert-OH is 1. The number of hydrogen-bond acceptors (Lipinski definition) is 3. The third-order valence-electron chi connectivity index (χ3n) is 2.66. The number of rotatable bonds is 6. The highest BCUT2D eigenvalue weighted by Gasteiger charge is 2.39. The highest BCUT2D eigenvalue weighted by atomic mass is 28.4. The van der Waals surface area contributed by atoms with Gasteiger partial charge in [0.25, 0.3) is 0 Å². The number of hydrogen-bond donors (Lipinski definition) is 1. The van der Waals surface area contributed by atoms with Gasteiger partial charge in [0.15, 0.2) is 16.6 Å². The molecule has 0 fully saturated rings. The third-order valence-corrected chi connectivity index (χ3v) is 4.70. The molecule has 0 amide bonds. The van der Waals surface area contributed by atoms with E-state index in [0.717, 1.165) is 0 Å². The predicted octanol–water partition coefficient (Wildman–Crippen LogP) is 3.85. The second kappa shape index (κ2) is 6.39. The van der Waals surface area contributed by atoms with Crippen molar-refractivity contribution in [3.05, 3.63) is 0 Å². The maximum Gasteiger partial charge on any atom is 0.184 e. The van der Waals surface area contributed by atoms with Crippen LogP contribution in [0.2, 0.25) is 39.3 Å². The molecule has 5 heteroatoms. The highest BCUT2D eigenvalue weighted by molar-refractivity contribution is 6.70. The largest absolute Gasteiger partial charge is 0.412 e. The van der Waals surface area contributed by atoms with Crippen LogP contribution in [-0.4, -0.2) is 40.1 Å². The van der Waals surface area contributed by atoms with Crippen LogP contribution < -0.4 is 0 Å². The first-order valence-corrected chi connectivity index (χ1v) is 14.0. The lowest BCUT2D eigenvalue weighted by Crippen LogP contribution is -2.52. The molecule has 0 heterocycles. The van der Waals surface area contributed by atoms with Crippen molar-refractivity contribution in [2.24, 2.45) is 5.41 Å². The van der Waals surface area contributed by atoms with Crippen LogP contribution >= 0.6 is 0 Å². The average Bonchev–Trinajstić information content (AvgIpc) is 2.06. The van der Waals surface area contributed by atoms with Gasteiger partial charge in [-0.05, 0) is 51.6 Å². The zero-order chi connectivity index (χ0) is 15.6. The summed E-state index contributed by atoms with van der Waals surface area (Å²) in [5, 5.41) is 10.6. The third kappa shape index (κ3) is 8.24. The summed E-state index contributed by atoms with van der Waals surface area (Å²) < 4.78 is 12.2. The van der Waals surface area contributed by atoms with Crippen LogP contribution in [-0.2, 0) is 8.85 Å². The minimum absolute atomic E-state index is 0.100. The Morgan fingerprint density at radius 3 is 1.47 bits per heavy atom. The molecule has 116 valence electrons. The minimum Gasteiger partial charge on any atom is -0.412 e. The Hall–Kier alpha value is 0.314. The summed E-state index contributed by atoms with van der Waals surface area (Å²) in [7, 11) is -3.35. The van der Waals surface area contributed by atoms with Gasteiger partial charge in [-0.25, -0.2) is 0 Å². The Morgan fingerprint density at radius 1 is 0.842 bits per heavy atom. The Balaban J connectivity index is 4.97. The first-order valence-electron chi connectivity index (χ1n) is 7.17. The average molecular weight is 307 g/mol. The van der Waals surface area contributed by atoms with Crippen LogP contribution in [0.4, 0.5) is 0 Å². The molecule has 0 aliphatic carbocycles. The van der Waals surface area contributed by atoms with E-state index in [4.69, 9.17) is 8.85 Å². The van der Waals surface area contributed by atoms with Gasteiger partial charge in [-0.3, -0.25) is 0 Å². The fraction of sp³-hybridized carbons (Fsp3) is 1.00. The van der Waals surface area contributed by atoms with E-state index >= 15 is 0 Å². The summed E-state index contributed by atoms with van der Waals surface area (Å²) in [6, 6.07) is 0. The SMILES string of the molecule is C[C@H](O[Si](C)(C)C)[C@@H](O)[C@@H](O[Si](C)(C)C)C(C)(C)C. The molecule has 0 unspecified atom stereocenters. The smallest absolute Gasteiger partial charge is 0.184 e. The summed E-state index contributed by atoms with van der Waals surface area (Å²) >= 11 is 0. The lowest BCUT2D eigenvalue weighted by Gasteiger charge is -2.41. The first-order chi connectivity index (χ1) is 8.13. The molecule has 1 N–H and O–H groups in total. The van der Waals surface area contributed by atoms with Crippen molar-refractivity contribution in [1.29, 1.82) is 0 Å². The number of aliphatic hydroxyl groups is 1. The molecule has 3 nitrogen and oxygen atoms in total. The molecular weight excluding hydrogens is 272 g/mol. The zero-order valence-electron chi connectivity index (χ0n) is 14.5. The first kappa shape index (κ1) is 19.3. The maximum atomic E-state index is 10.6. The van der Waals surface area contributed by atoms with Crippen molar-refractivity contribution in [2.45, 2.75) is 85.3 Å². The van der Waals surface area contributed by atoms with Gasteiger partial charge in [0.1, 0.15) is 6.10 Å². The van der Waals surface area contributed by atoms with E-state index in [1.54, 1.807) is 0 Å². The molecule has 0 aromatic heterocycles. The molecule has 0 aliphatic heterocycles. The van der Waals surface area contributed by atoms with Crippen molar-refractivity contribution < 1.29 is 14.0 Å². The molecule has 0 spiro atoms. The quantitative estimate of drug-likeness (QED) is 0.757. The van der Waals surface area contributed by atoms with Gasteiger partial charge in [0.05, 0.1) is 12.2 Å². The van der Waals surface area contributed by atoms with Crippen LogP contribution in [0.5, 0.6) is 0 Å². The van der Waals surface area contributed by atoms with E-state index in [1.165, 1.54) is 0 Å². The van der Waals surface area contributed by atoms with Gasteiger partial charge in [0.2, 0.25) is 0 Å². The van der Waals surface area contributed by atoms with Gasteiger partial charge >= 0.3 is 0 Å². The fourth-order valence-electron chi connectivity index (χ4n) is 2.01. The topological polar surface area (TPSA) is 38.7 Å². The van der Waals surface area contributed by atoms with Crippen LogP contribution in [0, 0.1) is 5.41 Å². The van der Waals surface area contributed by atoms with Crippen molar-refractivity contribution >= 4 is 16.6 Å². The second-order valence-electron chi connectivity index (χ2n) is 8.44. The van der Waals surface area contributed by atoms with Crippen LogP contribution in [0.15, 0.2) is 0 Å². The van der Waals surface area contributed by atoms with E-state index in [9.17, 15) is 5.11 Å². The Kier molecular flexibility index (Phi) is 6.49. The second-order valence-corrected chi connectivity index (χ2v) is 17.4. The molecule has 19 heavy (non-hydrogen) atoms.